The van der Waals surface area contributed by atoms with Gasteiger partial charge in [-0.3, -0.25) is 4.79 Å². The molecule has 1 amide bonds. The second-order valence-corrected chi connectivity index (χ2v) is 8.55. The molecule has 0 saturated carbocycles. The molecule has 0 unspecified atom stereocenters. The van der Waals surface area contributed by atoms with Gasteiger partial charge >= 0.3 is 5.97 Å². The van der Waals surface area contributed by atoms with Crippen molar-refractivity contribution in [3.05, 3.63) is 77.6 Å². The van der Waals surface area contributed by atoms with Crippen LogP contribution in [0.25, 0.3) is 17.4 Å². The number of primary sulfonamides is 1. The maximum absolute atomic E-state index is 12.9. The lowest BCUT2D eigenvalue weighted by molar-refractivity contribution is -0.114. The summed E-state index contributed by atoms with van der Waals surface area (Å²) >= 11 is 0. The van der Waals surface area contributed by atoms with Crippen molar-refractivity contribution in [3.8, 4) is 11.3 Å². The van der Waals surface area contributed by atoms with E-state index in [2.05, 4.69) is 5.10 Å². The molecule has 4 rings (SSSR count). The lowest BCUT2D eigenvalue weighted by Gasteiger charge is -2.11. The van der Waals surface area contributed by atoms with E-state index >= 15 is 0 Å². The first-order valence-electron chi connectivity index (χ1n) is 9.31. The number of hydrogen-bond donors (Lipinski definition) is 2. The minimum absolute atomic E-state index is 0.00462. The molecule has 0 bridgehead atoms. The summed E-state index contributed by atoms with van der Waals surface area (Å²) in [5.74, 6) is -0.533. The zero-order valence-corrected chi connectivity index (χ0v) is 17.5. The Bertz CT molecular complexity index is 1380. The number of amides is 1. The van der Waals surface area contributed by atoms with Crippen LogP contribution >= 0.6 is 0 Å². The van der Waals surface area contributed by atoms with E-state index in [1.165, 1.54) is 41.4 Å². The number of rotatable bonds is 5. The molecule has 9 nitrogen and oxygen atoms in total. The van der Waals surface area contributed by atoms with Crippen LogP contribution in [-0.4, -0.2) is 31.1 Å². The van der Waals surface area contributed by atoms with Crippen molar-refractivity contribution in [3.63, 3.8) is 0 Å². The second-order valence-electron chi connectivity index (χ2n) is 6.98. The summed E-state index contributed by atoms with van der Waals surface area (Å²) in [4.78, 5) is 23.9. The van der Waals surface area contributed by atoms with E-state index in [0.717, 1.165) is 0 Å². The van der Waals surface area contributed by atoms with Gasteiger partial charge in [-0.2, -0.15) is 10.1 Å². The van der Waals surface area contributed by atoms with E-state index in [0.29, 0.717) is 34.1 Å². The van der Waals surface area contributed by atoms with Gasteiger partial charge in [-0.25, -0.2) is 18.4 Å². The molecule has 3 N–H and O–H groups in total. The van der Waals surface area contributed by atoms with Crippen LogP contribution in [-0.2, 0) is 14.8 Å². The number of aromatic carboxylic acids is 1. The Kier molecular flexibility index (Phi) is 5.25. The van der Waals surface area contributed by atoms with Gasteiger partial charge in [0.15, 0.2) is 0 Å². The van der Waals surface area contributed by atoms with Crippen molar-refractivity contribution >= 4 is 39.4 Å². The molecule has 162 valence electrons. The van der Waals surface area contributed by atoms with Crippen LogP contribution in [0.1, 0.15) is 23.0 Å². The lowest BCUT2D eigenvalue weighted by atomic mass is 10.1. The summed E-state index contributed by atoms with van der Waals surface area (Å²) in [5, 5.41) is 19.6. The van der Waals surface area contributed by atoms with Crippen molar-refractivity contribution in [2.24, 2.45) is 10.2 Å². The fourth-order valence-corrected chi connectivity index (χ4v) is 3.66. The van der Waals surface area contributed by atoms with Gasteiger partial charge in [0.25, 0.3) is 5.91 Å². The molecule has 1 aliphatic heterocycles. The van der Waals surface area contributed by atoms with E-state index in [4.69, 9.17) is 14.7 Å². The third-order valence-corrected chi connectivity index (χ3v) is 5.73. The highest BCUT2D eigenvalue weighted by atomic mass is 32.2. The summed E-state index contributed by atoms with van der Waals surface area (Å²) in [7, 11) is -3.78. The molecule has 0 spiro atoms. The Morgan fingerprint density at radius 2 is 1.72 bits per heavy atom. The molecule has 0 atom stereocenters. The molecule has 2 aromatic carbocycles. The number of carbonyl (C=O) groups is 2. The van der Waals surface area contributed by atoms with Crippen LogP contribution < -0.4 is 10.1 Å². The smallest absolute Gasteiger partial charge is 0.335 e. The number of nitrogens with two attached hydrogens (primary N) is 1. The van der Waals surface area contributed by atoms with E-state index in [-0.39, 0.29) is 16.4 Å². The summed E-state index contributed by atoms with van der Waals surface area (Å²) < 4.78 is 28.6. The standard InChI is InChI=1S/C22H17N3O6S/c1-13-19(21(26)25(24-13)16-6-2-15(3-7-16)22(27)28)12-17-8-11-20(31-17)14-4-9-18(10-5-14)32(23,29)30/h2-12H,1H3,(H,27,28)(H2,23,29,30). The summed E-state index contributed by atoms with van der Waals surface area (Å²) in [6.07, 6.45) is 1.56. The molecular weight excluding hydrogens is 434 g/mol. The Hall–Kier alpha value is -4.02. The normalized spacial score (nSPS) is 15.3. The van der Waals surface area contributed by atoms with Crippen LogP contribution in [0.2, 0.25) is 0 Å². The van der Waals surface area contributed by atoms with Gasteiger partial charge in [-0.1, -0.05) is 0 Å². The predicted octanol–water partition coefficient (Wildman–Crippen LogP) is 3.10. The predicted molar refractivity (Wildman–Crippen MR) is 117 cm³/mol. The zero-order valence-electron chi connectivity index (χ0n) is 16.7. The Morgan fingerprint density at radius 3 is 2.31 bits per heavy atom. The monoisotopic (exact) mass is 451 g/mol. The highest BCUT2D eigenvalue weighted by molar-refractivity contribution is 7.89. The summed E-state index contributed by atoms with van der Waals surface area (Å²) in [6.45, 7) is 1.69. The van der Waals surface area contributed by atoms with Gasteiger partial charge in [-0.05, 0) is 73.7 Å². The van der Waals surface area contributed by atoms with Gasteiger partial charge in [0, 0.05) is 5.56 Å². The number of carbonyl (C=O) groups excluding carboxylic acids is 1. The number of carboxylic acids is 1. The van der Waals surface area contributed by atoms with Gasteiger partial charge < -0.3 is 9.52 Å². The zero-order chi connectivity index (χ0) is 23.0. The number of hydrogen-bond acceptors (Lipinski definition) is 6. The molecular formula is C22H17N3O6S. The van der Waals surface area contributed by atoms with Crippen LogP contribution in [0, 0.1) is 0 Å². The van der Waals surface area contributed by atoms with Gasteiger partial charge in [0.05, 0.1) is 27.4 Å². The third kappa shape index (κ3) is 4.09. The van der Waals surface area contributed by atoms with E-state index < -0.39 is 16.0 Å². The van der Waals surface area contributed by atoms with Crippen LogP contribution in [0.3, 0.4) is 0 Å². The second kappa shape index (κ2) is 7.91. The molecule has 0 radical (unpaired) electrons. The Morgan fingerprint density at radius 1 is 1.06 bits per heavy atom. The molecule has 10 heteroatoms. The maximum atomic E-state index is 12.9. The molecule has 0 aliphatic carbocycles. The number of sulfonamides is 1. The molecule has 2 heterocycles. The fraction of sp³-hybridized carbons (Fsp3) is 0.0455. The van der Waals surface area contributed by atoms with Crippen LogP contribution in [0.15, 0.2) is 80.7 Å². The average molecular weight is 451 g/mol. The topological polar surface area (TPSA) is 143 Å². The summed E-state index contributed by atoms with van der Waals surface area (Å²) in [6, 6.07) is 15.1. The fourth-order valence-electron chi connectivity index (χ4n) is 3.14. The number of hydrazone groups is 1. The first-order chi connectivity index (χ1) is 15.1. The minimum atomic E-state index is -3.78. The molecule has 0 fully saturated rings. The van der Waals surface area contributed by atoms with Crippen molar-refractivity contribution < 1.29 is 27.5 Å². The highest BCUT2D eigenvalue weighted by Crippen LogP contribution is 2.28. The number of anilines is 1. The van der Waals surface area contributed by atoms with Crippen molar-refractivity contribution in [1.29, 1.82) is 0 Å². The van der Waals surface area contributed by atoms with E-state index in [1.807, 2.05) is 0 Å². The maximum Gasteiger partial charge on any atom is 0.335 e. The molecule has 0 saturated heterocycles. The van der Waals surface area contributed by atoms with E-state index in [9.17, 15) is 18.0 Å². The van der Waals surface area contributed by atoms with Crippen molar-refractivity contribution in [2.75, 3.05) is 5.01 Å². The van der Waals surface area contributed by atoms with Crippen LogP contribution in [0.4, 0.5) is 5.69 Å². The third-order valence-electron chi connectivity index (χ3n) is 4.80. The molecule has 32 heavy (non-hydrogen) atoms. The lowest BCUT2D eigenvalue weighted by Crippen LogP contribution is -2.21. The molecule has 1 aromatic heterocycles. The Labute approximate surface area is 183 Å². The van der Waals surface area contributed by atoms with Crippen molar-refractivity contribution in [1.82, 2.24) is 0 Å². The number of furan rings is 1. The Balaban J connectivity index is 1.57. The SMILES string of the molecule is CC1=NN(c2ccc(C(=O)O)cc2)C(=O)C1=Cc1ccc(-c2ccc(S(N)(=O)=O)cc2)o1. The van der Waals surface area contributed by atoms with Gasteiger partial charge in [0.2, 0.25) is 10.0 Å². The van der Waals surface area contributed by atoms with Gasteiger partial charge in [-0.15, -0.1) is 0 Å². The first kappa shape index (κ1) is 21.2. The number of carboxylic acid groups (broad SMARTS) is 1. The van der Waals surface area contributed by atoms with Gasteiger partial charge in [0.1, 0.15) is 11.5 Å². The first-order valence-corrected chi connectivity index (χ1v) is 10.9. The number of nitrogens with zero attached hydrogens (tertiary/aromatic N) is 2. The molecule has 3 aromatic rings. The number of benzene rings is 2. The minimum Gasteiger partial charge on any atom is -0.478 e. The van der Waals surface area contributed by atoms with Crippen LogP contribution in [0.5, 0.6) is 0 Å². The molecule has 1 aliphatic rings. The van der Waals surface area contributed by atoms with E-state index in [1.54, 1.807) is 37.3 Å². The quantitative estimate of drug-likeness (QED) is 0.571. The summed E-state index contributed by atoms with van der Waals surface area (Å²) in [5.41, 5.74) is 2.01. The van der Waals surface area contributed by atoms with Crippen molar-refractivity contribution in [2.45, 2.75) is 11.8 Å². The highest BCUT2D eigenvalue weighted by Gasteiger charge is 2.29. The average Bonchev–Trinajstić information content (AvgIpc) is 3.33. The largest absolute Gasteiger partial charge is 0.478 e.